The lowest BCUT2D eigenvalue weighted by molar-refractivity contribution is -0.384. The number of hydrogen-bond acceptors (Lipinski definition) is 5. The lowest BCUT2D eigenvalue weighted by atomic mass is 10.2. The molecule has 0 aliphatic carbocycles. The zero-order valence-electron chi connectivity index (χ0n) is 10.8. The predicted octanol–water partition coefficient (Wildman–Crippen LogP) is 2.31. The van der Waals surface area contributed by atoms with Crippen LogP contribution < -0.4 is 5.01 Å². The Labute approximate surface area is 110 Å². The minimum absolute atomic E-state index is 0.0361. The van der Waals surface area contributed by atoms with Crippen molar-refractivity contribution in [3.63, 3.8) is 0 Å². The monoisotopic (exact) mass is 265 g/mol. The number of hydrazine groups is 1. The second kappa shape index (κ2) is 5.23. The van der Waals surface area contributed by atoms with E-state index in [9.17, 15) is 14.9 Å². The Balaban J connectivity index is 2.40. The molecule has 0 N–H and O–H groups in total. The number of nitro benzene ring substituents is 1. The van der Waals surface area contributed by atoms with E-state index in [4.69, 9.17) is 4.74 Å². The highest BCUT2D eigenvalue weighted by molar-refractivity contribution is 5.89. The van der Waals surface area contributed by atoms with E-state index in [1.165, 1.54) is 17.1 Å². The average molecular weight is 265 g/mol. The van der Waals surface area contributed by atoms with Crippen LogP contribution in [0.2, 0.25) is 0 Å². The molecule has 0 saturated heterocycles. The summed E-state index contributed by atoms with van der Waals surface area (Å²) in [4.78, 5) is 22.3. The fraction of sp³-hybridized carbons (Fsp3) is 0.417. The van der Waals surface area contributed by atoms with E-state index in [0.29, 0.717) is 18.8 Å². The molecule has 0 fully saturated rings. The highest BCUT2D eigenvalue weighted by Gasteiger charge is 2.33. The summed E-state index contributed by atoms with van der Waals surface area (Å²) in [5, 5.41) is 14.0. The number of carbonyl (C=O) groups is 1. The van der Waals surface area contributed by atoms with E-state index in [1.54, 1.807) is 18.0 Å². The van der Waals surface area contributed by atoms with E-state index in [0.717, 1.165) is 5.56 Å². The Morgan fingerprint density at radius 1 is 1.47 bits per heavy atom. The highest BCUT2D eigenvalue weighted by Crippen LogP contribution is 2.34. The van der Waals surface area contributed by atoms with Crippen molar-refractivity contribution in [2.75, 3.05) is 18.2 Å². The number of carbonyl (C=O) groups excluding carboxylic acids is 1. The second-order valence-corrected chi connectivity index (χ2v) is 4.06. The van der Waals surface area contributed by atoms with Crippen LogP contribution >= 0.6 is 0 Å². The van der Waals surface area contributed by atoms with E-state index < -0.39 is 11.0 Å². The highest BCUT2D eigenvalue weighted by atomic mass is 16.6. The summed E-state index contributed by atoms with van der Waals surface area (Å²) in [5.41, 5.74) is 1.36. The van der Waals surface area contributed by atoms with Crippen molar-refractivity contribution in [2.24, 2.45) is 0 Å². The summed E-state index contributed by atoms with van der Waals surface area (Å²) in [7, 11) is 0. The molecule has 1 amide bonds. The van der Waals surface area contributed by atoms with Crippen LogP contribution in [0.1, 0.15) is 19.4 Å². The van der Waals surface area contributed by atoms with Gasteiger partial charge in [0, 0.05) is 25.2 Å². The third kappa shape index (κ3) is 2.37. The van der Waals surface area contributed by atoms with Crippen molar-refractivity contribution >= 4 is 17.5 Å². The van der Waals surface area contributed by atoms with Crippen LogP contribution in [-0.4, -0.2) is 29.2 Å². The molecule has 19 heavy (non-hydrogen) atoms. The van der Waals surface area contributed by atoms with Crippen LogP contribution in [0, 0.1) is 10.1 Å². The minimum atomic E-state index is -0.511. The number of anilines is 1. The van der Waals surface area contributed by atoms with Crippen molar-refractivity contribution in [1.29, 1.82) is 0 Å². The molecule has 7 heteroatoms. The Morgan fingerprint density at radius 2 is 2.21 bits per heavy atom. The van der Waals surface area contributed by atoms with Crippen molar-refractivity contribution < 1.29 is 14.5 Å². The lowest BCUT2D eigenvalue weighted by Gasteiger charge is -2.25. The number of amides is 1. The first-order valence-corrected chi connectivity index (χ1v) is 6.07. The van der Waals surface area contributed by atoms with Crippen molar-refractivity contribution in [1.82, 2.24) is 5.01 Å². The largest absolute Gasteiger partial charge is 0.448 e. The summed E-state index contributed by atoms with van der Waals surface area (Å²) >= 11 is 0. The number of hydrogen-bond donors (Lipinski definition) is 0. The molecule has 1 heterocycles. The van der Waals surface area contributed by atoms with Crippen LogP contribution in [0.4, 0.5) is 16.2 Å². The topological polar surface area (TPSA) is 75.9 Å². The zero-order chi connectivity index (χ0) is 14.0. The smallest absolute Gasteiger partial charge is 0.429 e. The standard InChI is InChI=1S/C12H15N3O4/c1-3-13-8-9-5-6-10(15(17)18)7-11(9)14(13)12(16)19-4-2/h5-7H,3-4,8H2,1-2H3. The van der Waals surface area contributed by atoms with Gasteiger partial charge in [0.25, 0.3) is 5.69 Å². The van der Waals surface area contributed by atoms with Gasteiger partial charge in [-0.05, 0) is 18.6 Å². The van der Waals surface area contributed by atoms with Crippen LogP contribution in [-0.2, 0) is 11.3 Å². The molecule has 1 aromatic rings. The van der Waals surface area contributed by atoms with Gasteiger partial charge < -0.3 is 4.74 Å². The van der Waals surface area contributed by atoms with E-state index in [2.05, 4.69) is 0 Å². The normalized spacial score (nSPS) is 14.3. The van der Waals surface area contributed by atoms with Crippen molar-refractivity contribution in [2.45, 2.75) is 20.4 Å². The molecule has 2 rings (SSSR count). The number of nitro groups is 1. The van der Waals surface area contributed by atoms with Gasteiger partial charge in [0.05, 0.1) is 17.2 Å². The predicted molar refractivity (Wildman–Crippen MR) is 68.7 cm³/mol. The van der Waals surface area contributed by atoms with Gasteiger partial charge in [-0.15, -0.1) is 0 Å². The molecule has 1 aliphatic heterocycles. The first-order chi connectivity index (χ1) is 9.08. The summed E-state index contributed by atoms with van der Waals surface area (Å²) in [6.07, 6.45) is -0.511. The quantitative estimate of drug-likeness (QED) is 0.619. The second-order valence-electron chi connectivity index (χ2n) is 4.06. The third-order valence-electron chi connectivity index (χ3n) is 2.95. The molecule has 1 aromatic carbocycles. The third-order valence-corrected chi connectivity index (χ3v) is 2.95. The minimum Gasteiger partial charge on any atom is -0.448 e. The number of benzene rings is 1. The number of ether oxygens (including phenoxy) is 1. The molecule has 0 saturated carbocycles. The number of rotatable bonds is 3. The maximum atomic E-state index is 12.0. The Hall–Kier alpha value is -2.15. The molecule has 0 aromatic heterocycles. The van der Waals surface area contributed by atoms with E-state index in [-0.39, 0.29) is 12.3 Å². The van der Waals surface area contributed by atoms with Crippen LogP contribution in [0.5, 0.6) is 0 Å². The lowest BCUT2D eigenvalue weighted by Crippen LogP contribution is -2.42. The van der Waals surface area contributed by atoms with Crippen molar-refractivity contribution in [3.8, 4) is 0 Å². The first-order valence-electron chi connectivity index (χ1n) is 6.07. The molecule has 0 radical (unpaired) electrons. The Morgan fingerprint density at radius 3 is 2.79 bits per heavy atom. The van der Waals surface area contributed by atoms with Gasteiger partial charge in [-0.25, -0.2) is 14.8 Å². The summed E-state index contributed by atoms with van der Waals surface area (Å²) in [5.74, 6) is 0. The molecule has 0 spiro atoms. The Bertz CT molecular complexity index is 518. The first kappa shape index (κ1) is 13.3. The molecule has 0 bridgehead atoms. The molecule has 0 unspecified atom stereocenters. The van der Waals surface area contributed by atoms with Crippen LogP contribution in [0.25, 0.3) is 0 Å². The number of non-ortho nitro benzene ring substituents is 1. The number of nitrogens with zero attached hydrogens (tertiary/aromatic N) is 3. The summed E-state index contributed by atoms with van der Waals surface area (Å²) in [6.45, 7) is 5.05. The fourth-order valence-electron chi connectivity index (χ4n) is 2.07. The Kier molecular flexibility index (Phi) is 3.66. The van der Waals surface area contributed by atoms with Gasteiger partial charge in [0.1, 0.15) is 0 Å². The van der Waals surface area contributed by atoms with E-state index >= 15 is 0 Å². The molecule has 7 nitrogen and oxygen atoms in total. The maximum Gasteiger partial charge on any atom is 0.429 e. The van der Waals surface area contributed by atoms with Crippen molar-refractivity contribution in [3.05, 3.63) is 33.9 Å². The maximum absolute atomic E-state index is 12.0. The molecule has 0 atom stereocenters. The fourth-order valence-corrected chi connectivity index (χ4v) is 2.07. The molecule has 1 aliphatic rings. The van der Waals surface area contributed by atoms with Gasteiger partial charge >= 0.3 is 6.09 Å². The summed E-state index contributed by atoms with van der Waals surface area (Å²) in [6, 6.07) is 4.53. The molecular weight excluding hydrogens is 250 g/mol. The number of fused-ring (bicyclic) bond motifs is 1. The van der Waals surface area contributed by atoms with Crippen LogP contribution in [0.3, 0.4) is 0 Å². The van der Waals surface area contributed by atoms with Gasteiger partial charge in [-0.2, -0.15) is 0 Å². The molecule has 102 valence electrons. The summed E-state index contributed by atoms with van der Waals surface area (Å²) < 4.78 is 4.99. The van der Waals surface area contributed by atoms with Gasteiger partial charge in [-0.1, -0.05) is 6.92 Å². The SMILES string of the molecule is CCOC(=O)N1c2cc([N+](=O)[O-])ccc2CN1CC. The zero-order valence-corrected chi connectivity index (χ0v) is 10.8. The van der Waals surface area contributed by atoms with Crippen LogP contribution in [0.15, 0.2) is 18.2 Å². The average Bonchev–Trinajstić information content (AvgIpc) is 2.76. The van der Waals surface area contributed by atoms with Gasteiger partial charge in [0.15, 0.2) is 0 Å². The van der Waals surface area contributed by atoms with Gasteiger partial charge in [-0.3, -0.25) is 10.1 Å². The van der Waals surface area contributed by atoms with Gasteiger partial charge in [0.2, 0.25) is 0 Å². The van der Waals surface area contributed by atoms with E-state index in [1.807, 2.05) is 6.92 Å². The molecular formula is C12H15N3O4.